The minimum atomic E-state index is -1.24. The van der Waals surface area contributed by atoms with E-state index < -0.39 is 59.1 Å². The lowest BCUT2D eigenvalue weighted by Gasteiger charge is -2.27. The smallest absolute Gasteiger partial charge is 0.305 e. The van der Waals surface area contributed by atoms with Gasteiger partial charge in [-0.05, 0) is 61.4 Å². The van der Waals surface area contributed by atoms with E-state index in [0.29, 0.717) is 41.8 Å². The Morgan fingerprint density at radius 3 is 2.25 bits per heavy atom. The SMILES string of the molecule is COC(=O)CCCCCNC(=O)[C@H](Cc1ccccc1)NC(=O)CN(C(=O)[C@H](N)CCS(C)=O)C(=O)[C@@H](N)Cc1ccc(O)cc1C.Cl. The number of halogens is 1. The van der Waals surface area contributed by atoms with Gasteiger partial charge >= 0.3 is 5.97 Å². The van der Waals surface area contributed by atoms with Crippen molar-refractivity contribution in [1.29, 1.82) is 0 Å². The first-order chi connectivity index (χ1) is 22.3. The molecule has 2 aromatic rings. The van der Waals surface area contributed by atoms with E-state index in [1.807, 2.05) is 6.07 Å². The van der Waals surface area contributed by atoms with Crippen molar-refractivity contribution in [2.45, 2.75) is 70.0 Å². The molecule has 0 fully saturated rings. The number of phenolic OH excluding ortho intramolecular Hbond substituents is 1. The van der Waals surface area contributed by atoms with Crippen LogP contribution in [0.5, 0.6) is 5.75 Å². The van der Waals surface area contributed by atoms with Crippen LogP contribution in [0.25, 0.3) is 0 Å². The number of rotatable bonds is 19. The van der Waals surface area contributed by atoms with Gasteiger partial charge in [0.05, 0.1) is 19.2 Å². The highest BCUT2D eigenvalue weighted by Crippen LogP contribution is 2.17. The normalized spacial score (nSPS) is 13.2. The number of imide groups is 1. The molecule has 7 N–H and O–H groups in total. The third-order valence-electron chi connectivity index (χ3n) is 7.47. The van der Waals surface area contributed by atoms with Crippen LogP contribution in [0, 0.1) is 6.92 Å². The zero-order chi connectivity index (χ0) is 34.9. The van der Waals surface area contributed by atoms with Crippen molar-refractivity contribution >= 4 is 52.8 Å². The number of nitrogens with one attached hydrogen (secondary N) is 2. The molecule has 0 saturated heterocycles. The van der Waals surface area contributed by atoms with Crippen LogP contribution in [-0.4, -0.2) is 94.1 Å². The van der Waals surface area contributed by atoms with Gasteiger partial charge in [0.15, 0.2) is 0 Å². The van der Waals surface area contributed by atoms with Gasteiger partial charge in [0, 0.05) is 42.2 Å². The Morgan fingerprint density at radius 1 is 0.958 bits per heavy atom. The number of ether oxygens (including phenoxy) is 1. The van der Waals surface area contributed by atoms with E-state index in [0.717, 1.165) is 5.56 Å². The molecular weight excluding hydrogens is 662 g/mol. The van der Waals surface area contributed by atoms with E-state index >= 15 is 0 Å². The van der Waals surface area contributed by atoms with Crippen LogP contribution >= 0.6 is 12.4 Å². The summed E-state index contributed by atoms with van der Waals surface area (Å²) in [4.78, 5) is 65.6. The van der Waals surface area contributed by atoms with E-state index in [-0.39, 0.29) is 55.6 Å². The van der Waals surface area contributed by atoms with Crippen molar-refractivity contribution in [3.63, 3.8) is 0 Å². The van der Waals surface area contributed by atoms with Crippen molar-refractivity contribution in [3.05, 3.63) is 65.2 Å². The molecule has 4 atom stereocenters. The molecule has 4 amide bonds. The summed E-state index contributed by atoms with van der Waals surface area (Å²) >= 11 is 0. The molecule has 15 heteroatoms. The number of carbonyl (C=O) groups excluding carboxylic acids is 5. The fourth-order valence-corrected chi connectivity index (χ4v) is 5.35. The van der Waals surface area contributed by atoms with Gasteiger partial charge in [0.1, 0.15) is 18.3 Å². The van der Waals surface area contributed by atoms with E-state index in [4.69, 9.17) is 11.5 Å². The first kappa shape index (κ1) is 42.2. The third-order valence-corrected chi connectivity index (χ3v) is 8.28. The largest absolute Gasteiger partial charge is 0.508 e. The zero-order valence-corrected chi connectivity index (χ0v) is 29.3. The molecule has 0 spiro atoms. The summed E-state index contributed by atoms with van der Waals surface area (Å²) in [6.07, 6.45) is 3.80. The van der Waals surface area contributed by atoms with Gasteiger partial charge in [-0.15, -0.1) is 12.4 Å². The second-order valence-electron chi connectivity index (χ2n) is 11.3. The van der Waals surface area contributed by atoms with Crippen molar-refractivity contribution in [2.24, 2.45) is 11.5 Å². The molecular formula is C33H48ClN5O8S. The monoisotopic (exact) mass is 709 g/mol. The van der Waals surface area contributed by atoms with E-state index in [2.05, 4.69) is 15.4 Å². The predicted molar refractivity (Wildman–Crippen MR) is 186 cm³/mol. The third kappa shape index (κ3) is 14.9. The summed E-state index contributed by atoms with van der Waals surface area (Å²) in [5.41, 5.74) is 14.4. The summed E-state index contributed by atoms with van der Waals surface area (Å²) < 4.78 is 16.3. The lowest BCUT2D eigenvalue weighted by molar-refractivity contribution is -0.149. The maximum Gasteiger partial charge on any atom is 0.305 e. The van der Waals surface area contributed by atoms with Gasteiger partial charge in [-0.25, -0.2) is 0 Å². The van der Waals surface area contributed by atoms with Crippen LogP contribution in [0.2, 0.25) is 0 Å². The predicted octanol–water partition coefficient (Wildman–Crippen LogP) is 1.02. The summed E-state index contributed by atoms with van der Waals surface area (Å²) in [6, 6.07) is 10.1. The Morgan fingerprint density at radius 2 is 1.62 bits per heavy atom. The van der Waals surface area contributed by atoms with Crippen LogP contribution in [0.4, 0.5) is 0 Å². The van der Waals surface area contributed by atoms with Crippen molar-refractivity contribution in [1.82, 2.24) is 15.5 Å². The molecule has 1 unspecified atom stereocenters. The van der Waals surface area contributed by atoms with Gasteiger partial charge in [0.25, 0.3) is 0 Å². The molecule has 0 heterocycles. The zero-order valence-electron chi connectivity index (χ0n) is 27.6. The summed E-state index contributed by atoms with van der Waals surface area (Å²) in [5, 5.41) is 15.2. The van der Waals surface area contributed by atoms with Gasteiger partial charge in [0.2, 0.25) is 23.6 Å². The number of hydrogen-bond donors (Lipinski definition) is 5. The topological polar surface area (TPSA) is 211 Å². The minimum absolute atomic E-state index is 0. The van der Waals surface area contributed by atoms with Crippen LogP contribution < -0.4 is 22.1 Å². The molecule has 0 aromatic heterocycles. The van der Waals surface area contributed by atoms with E-state index in [1.54, 1.807) is 37.3 Å². The minimum Gasteiger partial charge on any atom is -0.508 e. The Bertz CT molecular complexity index is 1400. The summed E-state index contributed by atoms with van der Waals surface area (Å²) in [6.45, 7) is 1.31. The molecule has 0 radical (unpaired) electrons. The highest BCUT2D eigenvalue weighted by molar-refractivity contribution is 7.84. The van der Waals surface area contributed by atoms with Crippen LogP contribution in [0.15, 0.2) is 48.5 Å². The number of nitrogens with zero attached hydrogens (tertiary/aromatic N) is 1. The molecule has 0 saturated carbocycles. The van der Waals surface area contributed by atoms with Crippen LogP contribution in [0.3, 0.4) is 0 Å². The summed E-state index contributed by atoms with van der Waals surface area (Å²) in [5.74, 6) is -3.08. The maximum absolute atomic E-state index is 13.6. The number of nitrogens with two attached hydrogens (primary N) is 2. The van der Waals surface area contributed by atoms with Gasteiger partial charge in [-0.1, -0.05) is 42.8 Å². The average Bonchev–Trinajstić information content (AvgIpc) is 3.04. The quantitative estimate of drug-likeness (QED) is 0.103. The van der Waals surface area contributed by atoms with Crippen molar-refractivity contribution in [3.8, 4) is 5.75 Å². The highest BCUT2D eigenvalue weighted by Gasteiger charge is 2.33. The number of phenols is 1. The van der Waals surface area contributed by atoms with Gasteiger partial charge in [-0.3, -0.25) is 33.1 Å². The number of hydrogen-bond acceptors (Lipinski definition) is 10. The number of aromatic hydroxyl groups is 1. The number of methoxy groups -OCH3 is 1. The Balaban J connectivity index is 0.0000115. The van der Waals surface area contributed by atoms with Crippen molar-refractivity contribution < 1.29 is 38.0 Å². The molecule has 48 heavy (non-hydrogen) atoms. The van der Waals surface area contributed by atoms with E-state index in [1.165, 1.54) is 25.5 Å². The molecule has 266 valence electrons. The average molecular weight is 710 g/mol. The molecule has 2 rings (SSSR count). The number of amides is 4. The first-order valence-electron chi connectivity index (χ1n) is 15.4. The first-order valence-corrected chi connectivity index (χ1v) is 17.2. The number of aryl methyl sites for hydroxylation is 1. The van der Waals surface area contributed by atoms with Crippen LogP contribution in [0.1, 0.15) is 48.8 Å². The molecule has 0 bridgehead atoms. The molecule has 2 aromatic carbocycles. The fourth-order valence-electron chi connectivity index (χ4n) is 4.77. The Labute approximate surface area is 290 Å². The summed E-state index contributed by atoms with van der Waals surface area (Å²) in [7, 11) is 0.0823. The molecule has 13 nitrogen and oxygen atoms in total. The molecule has 0 aliphatic heterocycles. The fraction of sp³-hybridized carbons (Fsp3) is 0.485. The number of carbonyl (C=O) groups is 5. The highest BCUT2D eigenvalue weighted by atomic mass is 35.5. The van der Waals surface area contributed by atoms with E-state index in [9.17, 15) is 33.3 Å². The van der Waals surface area contributed by atoms with Crippen LogP contribution in [-0.2, 0) is 52.4 Å². The maximum atomic E-state index is 13.6. The standard InChI is InChI=1S/C33H47N5O8S.ClH/c1-22-18-25(39)14-13-24(22)20-27(35)33(44)38(32(43)26(34)15-17-47(3)45)21-29(40)37-28(19-23-10-6-4-7-11-23)31(42)36-16-9-5-8-12-30(41)46-2;/h4,6-7,10-11,13-14,18,26-28,39H,5,8-9,12,15-17,19-21,34-35H2,1-3H3,(H,36,42)(H,37,40);1H/t26-,27+,28+,47?;/m1./s1. The van der Waals surface area contributed by atoms with Gasteiger partial charge in [-0.2, -0.15) is 0 Å². The number of unbranched alkanes of at least 4 members (excludes halogenated alkanes) is 2. The van der Waals surface area contributed by atoms with Gasteiger partial charge < -0.3 is 31.9 Å². The second kappa shape index (κ2) is 21.9. The number of benzene rings is 2. The number of esters is 1. The Hall–Kier alpha value is -3.85. The molecule has 0 aliphatic carbocycles. The molecule has 0 aliphatic rings. The second-order valence-corrected chi connectivity index (χ2v) is 12.9. The lowest BCUT2D eigenvalue weighted by Crippen LogP contribution is -2.57. The lowest BCUT2D eigenvalue weighted by atomic mass is 10.00. The van der Waals surface area contributed by atoms with Crippen molar-refractivity contribution in [2.75, 3.05) is 32.2 Å². The Kier molecular flexibility index (Phi) is 19.3.